The van der Waals surface area contributed by atoms with Gasteiger partial charge in [-0.1, -0.05) is 43.3 Å². The Morgan fingerprint density at radius 2 is 2.19 bits per heavy atom. The van der Waals surface area contributed by atoms with Crippen LogP contribution >= 0.6 is 0 Å². The van der Waals surface area contributed by atoms with Crippen molar-refractivity contribution in [3.8, 4) is 0 Å². The van der Waals surface area contributed by atoms with Crippen LogP contribution in [0, 0.1) is 5.92 Å². The van der Waals surface area contributed by atoms with Crippen LogP contribution in [0.1, 0.15) is 30.9 Å². The molecule has 0 fully saturated rings. The Bertz CT molecular complexity index is 610. The zero-order chi connectivity index (χ0) is 14.7. The first kappa shape index (κ1) is 14.2. The lowest BCUT2D eigenvalue weighted by Gasteiger charge is -2.19. The molecule has 0 amide bonds. The van der Waals surface area contributed by atoms with Crippen LogP contribution in [0.4, 0.5) is 0 Å². The molecule has 0 saturated heterocycles. The molecule has 1 aromatic rings. The third-order valence-corrected chi connectivity index (χ3v) is 4.12. The van der Waals surface area contributed by atoms with Gasteiger partial charge in [0.15, 0.2) is 0 Å². The van der Waals surface area contributed by atoms with E-state index in [0.29, 0.717) is 12.5 Å². The zero-order valence-corrected chi connectivity index (χ0v) is 12.9. The molecule has 2 aliphatic rings. The van der Waals surface area contributed by atoms with Gasteiger partial charge < -0.3 is 10.1 Å². The topological polar surface area (TPSA) is 21.3 Å². The Morgan fingerprint density at radius 1 is 1.33 bits per heavy atom. The van der Waals surface area contributed by atoms with Gasteiger partial charge in [0, 0.05) is 5.57 Å². The van der Waals surface area contributed by atoms with E-state index in [1.807, 2.05) is 7.05 Å². The van der Waals surface area contributed by atoms with E-state index in [1.165, 1.54) is 22.3 Å². The molecule has 3 rings (SSSR count). The lowest BCUT2D eigenvalue weighted by molar-refractivity contribution is 0.206. The number of rotatable bonds is 3. The predicted molar refractivity (Wildman–Crippen MR) is 87.7 cm³/mol. The lowest BCUT2D eigenvalue weighted by atomic mass is 9.88. The lowest BCUT2D eigenvalue weighted by Crippen LogP contribution is -2.07. The molecule has 1 atom stereocenters. The SMILES string of the molecule is CNCC/C=C1/C2=CCC(C)C=C2OCc2ccccc21. The highest BCUT2D eigenvalue weighted by Gasteiger charge is 2.23. The molecule has 1 N–H and O–H groups in total. The Morgan fingerprint density at radius 3 is 3.05 bits per heavy atom. The second-order valence-corrected chi connectivity index (χ2v) is 5.82. The molecule has 2 nitrogen and oxygen atoms in total. The third kappa shape index (κ3) is 2.96. The summed E-state index contributed by atoms with van der Waals surface area (Å²) >= 11 is 0. The summed E-state index contributed by atoms with van der Waals surface area (Å²) in [6.45, 7) is 3.90. The van der Waals surface area contributed by atoms with Gasteiger partial charge in [-0.2, -0.15) is 0 Å². The fraction of sp³-hybridized carbons (Fsp3) is 0.368. The summed E-state index contributed by atoms with van der Waals surface area (Å²) in [6, 6.07) is 8.59. The number of allylic oxidation sites excluding steroid dienone is 3. The van der Waals surface area contributed by atoms with Crippen molar-refractivity contribution in [2.75, 3.05) is 13.6 Å². The third-order valence-electron chi connectivity index (χ3n) is 4.12. The fourth-order valence-corrected chi connectivity index (χ4v) is 2.98. The monoisotopic (exact) mass is 281 g/mol. The second kappa shape index (κ2) is 6.31. The van der Waals surface area contributed by atoms with Crippen molar-refractivity contribution in [3.05, 3.63) is 65.0 Å². The second-order valence-electron chi connectivity index (χ2n) is 5.82. The normalized spacial score (nSPS) is 22.6. The van der Waals surface area contributed by atoms with Crippen LogP contribution in [0.25, 0.3) is 5.57 Å². The number of nitrogens with one attached hydrogen (secondary N) is 1. The molecule has 0 bridgehead atoms. The minimum atomic E-state index is 0.559. The number of hydrogen-bond acceptors (Lipinski definition) is 2. The van der Waals surface area contributed by atoms with E-state index in [2.05, 4.69) is 54.7 Å². The number of benzene rings is 1. The van der Waals surface area contributed by atoms with E-state index < -0.39 is 0 Å². The summed E-state index contributed by atoms with van der Waals surface area (Å²) in [6.07, 6.45) is 9.08. The van der Waals surface area contributed by atoms with Crippen LogP contribution in [0.15, 0.2) is 53.8 Å². The van der Waals surface area contributed by atoms with E-state index in [1.54, 1.807) is 0 Å². The number of hydrogen-bond donors (Lipinski definition) is 1. The fourth-order valence-electron chi connectivity index (χ4n) is 2.98. The van der Waals surface area contributed by atoms with Gasteiger partial charge in [-0.15, -0.1) is 0 Å². The molecule has 1 heterocycles. The maximum absolute atomic E-state index is 6.08. The maximum Gasteiger partial charge on any atom is 0.123 e. The summed E-state index contributed by atoms with van der Waals surface area (Å²) in [5, 5.41) is 3.22. The standard InChI is InChI=1S/C19H23NO/c1-14-9-10-18-17(8-5-11-20-2)16-7-4-3-6-15(16)13-21-19(18)12-14/h3-4,6-8,10,12,14,20H,5,9,11,13H2,1-2H3/b17-8+. The molecular weight excluding hydrogens is 258 g/mol. The van der Waals surface area contributed by atoms with Crippen molar-refractivity contribution in [1.82, 2.24) is 5.32 Å². The van der Waals surface area contributed by atoms with Crippen LogP contribution in [-0.4, -0.2) is 13.6 Å². The predicted octanol–water partition coefficient (Wildman–Crippen LogP) is 4.06. The van der Waals surface area contributed by atoms with Crippen molar-refractivity contribution >= 4 is 5.57 Å². The van der Waals surface area contributed by atoms with Gasteiger partial charge in [-0.25, -0.2) is 0 Å². The molecule has 0 radical (unpaired) electrons. The van der Waals surface area contributed by atoms with Crippen LogP contribution in [0.5, 0.6) is 0 Å². The van der Waals surface area contributed by atoms with Crippen LogP contribution in [0.2, 0.25) is 0 Å². The average Bonchev–Trinajstić information content (AvgIpc) is 2.65. The Hall–Kier alpha value is -1.80. The Kier molecular flexibility index (Phi) is 4.26. The highest BCUT2D eigenvalue weighted by atomic mass is 16.5. The van der Waals surface area contributed by atoms with Crippen LogP contribution in [0.3, 0.4) is 0 Å². The van der Waals surface area contributed by atoms with E-state index in [4.69, 9.17) is 4.74 Å². The summed E-state index contributed by atoms with van der Waals surface area (Å²) in [7, 11) is 2.00. The summed E-state index contributed by atoms with van der Waals surface area (Å²) in [5.41, 5.74) is 5.19. The van der Waals surface area contributed by atoms with E-state index in [-0.39, 0.29) is 0 Å². The maximum atomic E-state index is 6.08. The van der Waals surface area contributed by atoms with Crippen LogP contribution < -0.4 is 5.32 Å². The Balaban J connectivity index is 2.05. The summed E-state index contributed by atoms with van der Waals surface area (Å²) in [5.74, 6) is 1.61. The van der Waals surface area contributed by atoms with E-state index in [0.717, 1.165) is 25.1 Å². The van der Waals surface area contributed by atoms with Crippen molar-refractivity contribution in [3.63, 3.8) is 0 Å². The number of ether oxygens (including phenoxy) is 1. The van der Waals surface area contributed by atoms with Gasteiger partial charge in [-0.3, -0.25) is 0 Å². The highest BCUT2D eigenvalue weighted by molar-refractivity contribution is 5.85. The van der Waals surface area contributed by atoms with Crippen molar-refractivity contribution < 1.29 is 4.74 Å². The van der Waals surface area contributed by atoms with E-state index >= 15 is 0 Å². The largest absolute Gasteiger partial charge is 0.489 e. The van der Waals surface area contributed by atoms with Gasteiger partial charge in [-0.05, 0) is 55.1 Å². The quantitative estimate of drug-likeness (QED) is 0.844. The molecule has 0 aromatic heterocycles. The first-order valence-corrected chi connectivity index (χ1v) is 7.78. The zero-order valence-electron chi connectivity index (χ0n) is 12.9. The average molecular weight is 281 g/mol. The van der Waals surface area contributed by atoms with E-state index in [9.17, 15) is 0 Å². The molecule has 1 aliphatic carbocycles. The summed E-state index contributed by atoms with van der Waals surface area (Å²) < 4.78 is 6.08. The molecule has 21 heavy (non-hydrogen) atoms. The smallest absolute Gasteiger partial charge is 0.123 e. The molecule has 110 valence electrons. The molecule has 1 aromatic carbocycles. The first-order chi connectivity index (χ1) is 10.3. The molecule has 2 heteroatoms. The minimum absolute atomic E-state index is 0.559. The highest BCUT2D eigenvalue weighted by Crippen LogP contribution is 2.39. The van der Waals surface area contributed by atoms with Gasteiger partial charge in [0.1, 0.15) is 12.4 Å². The van der Waals surface area contributed by atoms with Crippen molar-refractivity contribution in [1.29, 1.82) is 0 Å². The number of fused-ring (bicyclic) bond motifs is 2. The molecule has 1 aliphatic heterocycles. The van der Waals surface area contributed by atoms with Crippen LogP contribution in [-0.2, 0) is 11.3 Å². The molecular formula is C19H23NO. The van der Waals surface area contributed by atoms with Crippen molar-refractivity contribution in [2.45, 2.75) is 26.4 Å². The first-order valence-electron chi connectivity index (χ1n) is 7.78. The minimum Gasteiger partial charge on any atom is -0.489 e. The molecule has 0 saturated carbocycles. The van der Waals surface area contributed by atoms with Crippen molar-refractivity contribution in [2.24, 2.45) is 5.92 Å². The Labute approximate surface area is 127 Å². The molecule has 1 unspecified atom stereocenters. The van der Waals surface area contributed by atoms with Gasteiger partial charge in [0.2, 0.25) is 0 Å². The summed E-state index contributed by atoms with van der Waals surface area (Å²) in [4.78, 5) is 0. The van der Waals surface area contributed by atoms with Gasteiger partial charge >= 0.3 is 0 Å². The molecule has 0 spiro atoms. The van der Waals surface area contributed by atoms with Gasteiger partial charge in [0.05, 0.1) is 0 Å². The van der Waals surface area contributed by atoms with Gasteiger partial charge in [0.25, 0.3) is 0 Å².